The smallest absolute Gasteiger partial charge is 0.242 e. The molecule has 2 rings (SSSR count). The normalized spacial score (nSPS) is 12.1. The van der Waals surface area contributed by atoms with Crippen LogP contribution in [0.15, 0.2) is 36.7 Å². The Kier molecular flexibility index (Phi) is 4.52. The molecule has 0 fully saturated rings. The fourth-order valence-corrected chi connectivity index (χ4v) is 1.93. The third-order valence-electron chi connectivity index (χ3n) is 2.78. The van der Waals surface area contributed by atoms with Crippen LogP contribution < -0.4 is 5.32 Å². The van der Waals surface area contributed by atoms with E-state index in [2.05, 4.69) is 15.5 Å². The standard InChI is InChI=1S/C13H15ClN4O/c1-2-18-9-16-17-11(18)8-15-13(19)12(14)10-6-4-3-5-7-10/h3-7,9,12H,2,8H2,1H3,(H,15,19). The van der Waals surface area contributed by atoms with Crippen molar-refractivity contribution in [3.8, 4) is 0 Å². The van der Waals surface area contributed by atoms with E-state index in [0.717, 1.165) is 12.1 Å². The third-order valence-corrected chi connectivity index (χ3v) is 3.23. The van der Waals surface area contributed by atoms with Crippen LogP contribution in [0.2, 0.25) is 0 Å². The first kappa shape index (κ1) is 13.5. The maximum absolute atomic E-state index is 11.9. The van der Waals surface area contributed by atoms with Crippen molar-refractivity contribution < 1.29 is 4.79 Å². The van der Waals surface area contributed by atoms with E-state index >= 15 is 0 Å². The Bertz CT molecular complexity index is 541. The molecule has 0 bridgehead atoms. The summed E-state index contributed by atoms with van der Waals surface area (Å²) in [6, 6.07) is 9.24. The number of hydrogen-bond acceptors (Lipinski definition) is 3. The Balaban J connectivity index is 1.95. The lowest BCUT2D eigenvalue weighted by atomic mass is 10.1. The predicted octanol–water partition coefficient (Wildman–Crippen LogP) is 1.89. The van der Waals surface area contributed by atoms with Crippen LogP contribution in [0.3, 0.4) is 0 Å². The molecule has 1 heterocycles. The second-order valence-electron chi connectivity index (χ2n) is 4.02. The Morgan fingerprint density at radius 3 is 2.84 bits per heavy atom. The number of nitrogens with zero attached hydrogens (tertiary/aromatic N) is 3. The largest absolute Gasteiger partial charge is 0.347 e. The number of hydrogen-bond donors (Lipinski definition) is 1. The van der Waals surface area contributed by atoms with Crippen LogP contribution in [-0.2, 0) is 17.9 Å². The molecule has 5 nitrogen and oxygen atoms in total. The summed E-state index contributed by atoms with van der Waals surface area (Å²) in [6.45, 7) is 3.08. The van der Waals surface area contributed by atoms with Gasteiger partial charge in [0.05, 0.1) is 6.54 Å². The molecule has 6 heteroatoms. The summed E-state index contributed by atoms with van der Waals surface area (Å²) in [6.07, 6.45) is 1.64. The van der Waals surface area contributed by atoms with Gasteiger partial charge in [-0.1, -0.05) is 30.3 Å². The van der Waals surface area contributed by atoms with Gasteiger partial charge in [-0.3, -0.25) is 4.79 Å². The second-order valence-corrected chi connectivity index (χ2v) is 4.46. The molecule has 19 heavy (non-hydrogen) atoms. The maximum atomic E-state index is 11.9. The lowest BCUT2D eigenvalue weighted by Gasteiger charge is -2.10. The van der Waals surface area contributed by atoms with Crippen molar-refractivity contribution >= 4 is 17.5 Å². The van der Waals surface area contributed by atoms with Crippen LogP contribution >= 0.6 is 11.6 Å². The van der Waals surface area contributed by atoms with Gasteiger partial charge in [-0.2, -0.15) is 0 Å². The summed E-state index contributed by atoms with van der Waals surface area (Å²) >= 11 is 6.12. The number of aryl methyl sites for hydroxylation is 1. The van der Waals surface area contributed by atoms with E-state index < -0.39 is 5.38 Å². The first-order valence-electron chi connectivity index (χ1n) is 6.05. The highest BCUT2D eigenvalue weighted by molar-refractivity contribution is 6.30. The number of amides is 1. The topological polar surface area (TPSA) is 59.8 Å². The summed E-state index contributed by atoms with van der Waals surface area (Å²) in [5, 5.41) is 9.82. The monoisotopic (exact) mass is 278 g/mol. The minimum absolute atomic E-state index is 0.237. The van der Waals surface area contributed by atoms with Crippen LogP contribution in [0, 0.1) is 0 Å². The molecule has 100 valence electrons. The zero-order valence-corrected chi connectivity index (χ0v) is 11.3. The van der Waals surface area contributed by atoms with Gasteiger partial charge in [0.1, 0.15) is 11.7 Å². The number of halogens is 1. The van der Waals surface area contributed by atoms with Crippen molar-refractivity contribution in [2.75, 3.05) is 0 Å². The number of rotatable bonds is 5. The van der Waals surface area contributed by atoms with Gasteiger partial charge >= 0.3 is 0 Å². The molecule has 0 aliphatic heterocycles. The average Bonchev–Trinajstić information content (AvgIpc) is 2.92. The number of aromatic nitrogens is 3. The van der Waals surface area contributed by atoms with Crippen LogP contribution in [-0.4, -0.2) is 20.7 Å². The highest BCUT2D eigenvalue weighted by Crippen LogP contribution is 2.19. The highest BCUT2D eigenvalue weighted by atomic mass is 35.5. The molecule has 0 saturated heterocycles. The first-order chi connectivity index (χ1) is 9.22. The van der Waals surface area contributed by atoms with Gasteiger partial charge in [0.15, 0.2) is 5.82 Å². The SMILES string of the molecule is CCn1cnnc1CNC(=O)C(Cl)c1ccccc1. The molecule has 1 aromatic heterocycles. The quantitative estimate of drug-likeness (QED) is 0.850. The summed E-state index contributed by atoms with van der Waals surface area (Å²) in [5.74, 6) is 0.478. The lowest BCUT2D eigenvalue weighted by Crippen LogP contribution is -2.27. The highest BCUT2D eigenvalue weighted by Gasteiger charge is 2.17. The van der Waals surface area contributed by atoms with E-state index in [1.807, 2.05) is 41.8 Å². The number of nitrogens with one attached hydrogen (secondary N) is 1. The van der Waals surface area contributed by atoms with Gasteiger partial charge in [-0.25, -0.2) is 0 Å². The molecule has 1 N–H and O–H groups in total. The van der Waals surface area contributed by atoms with Gasteiger partial charge in [0.2, 0.25) is 5.91 Å². The molecule has 0 saturated carbocycles. The number of carbonyl (C=O) groups is 1. The first-order valence-corrected chi connectivity index (χ1v) is 6.49. The van der Waals surface area contributed by atoms with Crippen molar-refractivity contribution in [1.82, 2.24) is 20.1 Å². The van der Waals surface area contributed by atoms with Crippen LogP contribution in [0.4, 0.5) is 0 Å². The van der Waals surface area contributed by atoms with Crippen LogP contribution in [0.1, 0.15) is 23.7 Å². The summed E-state index contributed by atoms with van der Waals surface area (Å²) < 4.78 is 1.87. The summed E-state index contributed by atoms with van der Waals surface area (Å²) in [4.78, 5) is 11.9. The Hall–Kier alpha value is -1.88. The van der Waals surface area contributed by atoms with Crippen molar-refractivity contribution in [3.63, 3.8) is 0 Å². The molecule has 0 aliphatic carbocycles. The number of benzene rings is 1. The van der Waals surface area contributed by atoms with E-state index in [1.165, 1.54) is 0 Å². The van der Waals surface area contributed by atoms with E-state index in [1.54, 1.807) is 6.33 Å². The van der Waals surface area contributed by atoms with Crippen LogP contribution in [0.25, 0.3) is 0 Å². The van der Waals surface area contributed by atoms with Crippen molar-refractivity contribution in [3.05, 3.63) is 48.0 Å². The minimum Gasteiger partial charge on any atom is -0.347 e. The maximum Gasteiger partial charge on any atom is 0.242 e. The van der Waals surface area contributed by atoms with E-state index in [9.17, 15) is 4.79 Å². The molecular formula is C13H15ClN4O. The summed E-state index contributed by atoms with van der Waals surface area (Å²) in [7, 11) is 0. The summed E-state index contributed by atoms with van der Waals surface area (Å²) in [5.41, 5.74) is 0.777. The van der Waals surface area contributed by atoms with Crippen molar-refractivity contribution in [1.29, 1.82) is 0 Å². The molecule has 0 aliphatic rings. The second kappa shape index (κ2) is 6.33. The zero-order chi connectivity index (χ0) is 13.7. The van der Waals surface area contributed by atoms with Crippen molar-refractivity contribution in [2.45, 2.75) is 25.4 Å². The van der Waals surface area contributed by atoms with Gasteiger partial charge in [-0.05, 0) is 12.5 Å². The van der Waals surface area contributed by atoms with Gasteiger partial charge in [0, 0.05) is 6.54 Å². The van der Waals surface area contributed by atoms with E-state index in [-0.39, 0.29) is 5.91 Å². The fourth-order valence-electron chi connectivity index (χ4n) is 1.71. The third kappa shape index (κ3) is 3.32. The van der Waals surface area contributed by atoms with Crippen molar-refractivity contribution in [2.24, 2.45) is 0 Å². The predicted molar refractivity (Wildman–Crippen MR) is 72.6 cm³/mol. The van der Waals surface area contributed by atoms with E-state index in [4.69, 9.17) is 11.6 Å². The Morgan fingerprint density at radius 2 is 2.16 bits per heavy atom. The molecule has 0 radical (unpaired) electrons. The fraction of sp³-hybridized carbons (Fsp3) is 0.308. The average molecular weight is 279 g/mol. The molecule has 1 atom stereocenters. The number of alkyl halides is 1. The molecule has 0 spiro atoms. The molecule has 2 aromatic rings. The minimum atomic E-state index is -0.695. The molecule has 1 aromatic carbocycles. The number of carbonyl (C=O) groups excluding carboxylic acids is 1. The Morgan fingerprint density at radius 1 is 1.42 bits per heavy atom. The Labute approximate surface area is 116 Å². The molecular weight excluding hydrogens is 264 g/mol. The van der Waals surface area contributed by atoms with Crippen LogP contribution in [0.5, 0.6) is 0 Å². The molecule has 1 amide bonds. The molecule has 1 unspecified atom stereocenters. The van der Waals surface area contributed by atoms with Gasteiger partial charge in [0.25, 0.3) is 0 Å². The zero-order valence-electron chi connectivity index (χ0n) is 10.6. The van der Waals surface area contributed by atoms with Gasteiger partial charge < -0.3 is 9.88 Å². The van der Waals surface area contributed by atoms with E-state index in [0.29, 0.717) is 12.4 Å². The van der Waals surface area contributed by atoms with Gasteiger partial charge in [-0.15, -0.1) is 21.8 Å². The lowest BCUT2D eigenvalue weighted by molar-refractivity contribution is -0.121.